The zero-order valence-corrected chi connectivity index (χ0v) is 10.3. The van der Waals surface area contributed by atoms with E-state index in [2.05, 4.69) is 44.4 Å². The third kappa shape index (κ3) is 2.88. The molecule has 1 unspecified atom stereocenters. The Bertz CT molecular complexity index is 109. The molecule has 0 aliphatic carbocycles. The summed E-state index contributed by atoms with van der Waals surface area (Å²) in [5, 5.41) is 0. The first-order valence-electron chi connectivity index (χ1n) is 5.05. The predicted octanol–water partition coefficient (Wildman–Crippen LogP) is 2.03. The van der Waals surface area contributed by atoms with Crippen molar-refractivity contribution in [3.05, 3.63) is 0 Å². The molecular formula is C9H24N2Si. The summed E-state index contributed by atoms with van der Waals surface area (Å²) in [5.74, 6) is 0. The van der Waals surface area contributed by atoms with Gasteiger partial charge in [0.1, 0.15) is 0 Å². The summed E-state index contributed by atoms with van der Waals surface area (Å²) in [6.45, 7) is 7.90. The van der Waals surface area contributed by atoms with Crippen LogP contribution in [-0.4, -0.2) is 33.6 Å². The molecule has 0 aliphatic rings. The van der Waals surface area contributed by atoms with Crippen LogP contribution in [0.4, 0.5) is 0 Å². The average molecular weight is 188 g/mol. The Morgan fingerprint density at radius 2 is 1.75 bits per heavy atom. The van der Waals surface area contributed by atoms with Crippen LogP contribution in [0.5, 0.6) is 0 Å². The highest BCUT2D eigenvalue weighted by Gasteiger charge is 2.32. The molecule has 1 atom stereocenters. The molecule has 0 aromatic heterocycles. The van der Waals surface area contributed by atoms with E-state index in [9.17, 15) is 0 Å². The quantitative estimate of drug-likeness (QED) is 0.642. The largest absolute Gasteiger partial charge is 0.325 e. The summed E-state index contributed by atoms with van der Waals surface area (Å²) in [7, 11) is 3.17. The number of nitrogens with one attached hydrogen (secondary N) is 1. The lowest BCUT2D eigenvalue weighted by molar-refractivity contribution is 0.572. The summed E-state index contributed by atoms with van der Waals surface area (Å²) in [5.41, 5.74) is 0. The van der Waals surface area contributed by atoms with E-state index in [1.54, 1.807) is 0 Å². The van der Waals surface area contributed by atoms with Crippen LogP contribution in [0, 0.1) is 0 Å². The van der Waals surface area contributed by atoms with Crippen molar-refractivity contribution in [2.45, 2.75) is 39.3 Å². The second-order valence-electron chi connectivity index (χ2n) is 3.56. The van der Waals surface area contributed by atoms with Crippen LogP contribution in [0.2, 0.25) is 12.1 Å². The van der Waals surface area contributed by atoms with Gasteiger partial charge in [-0.05, 0) is 32.7 Å². The monoisotopic (exact) mass is 188 g/mol. The fourth-order valence-corrected chi connectivity index (χ4v) is 5.49. The smallest absolute Gasteiger partial charge is 0.203 e. The minimum atomic E-state index is -1.26. The molecule has 0 fully saturated rings. The first-order valence-corrected chi connectivity index (χ1v) is 7.41. The first-order chi connectivity index (χ1) is 5.63. The molecule has 74 valence electrons. The van der Waals surface area contributed by atoms with Crippen molar-refractivity contribution < 1.29 is 0 Å². The molecule has 0 aromatic rings. The van der Waals surface area contributed by atoms with Crippen molar-refractivity contribution in [2.24, 2.45) is 0 Å². The van der Waals surface area contributed by atoms with Gasteiger partial charge < -0.3 is 9.55 Å². The zero-order chi connectivity index (χ0) is 9.61. The highest BCUT2D eigenvalue weighted by atomic mass is 28.3. The fourth-order valence-electron chi connectivity index (χ4n) is 1.83. The average Bonchev–Trinajstić information content (AvgIpc) is 2.03. The Hall–Kier alpha value is 0.137. The lowest BCUT2D eigenvalue weighted by Crippen LogP contribution is -2.60. The first kappa shape index (κ1) is 12.1. The van der Waals surface area contributed by atoms with Gasteiger partial charge in [-0.3, -0.25) is 0 Å². The Balaban J connectivity index is 4.28. The standard InChI is InChI=1S/C9H24N2Si/c1-6-9-12(8-3,10-7-2)11(4)5/h10H,6-9H2,1-5H3. The number of rotatable bonds is 6. The van der Waals surface area contributed by atoms with Crippen molar-refractivity contribution in [3.8, 4) is 0 Å². The molecule has 2 nitrogen and oxygen atoms in total. The van der Waals surface area contributed by atoms with Gasteiger partial charge in [0.25, 0.3) is 0 Å². The van der Waals surface area contributed by atoms with Gasteiger partial charge in [0.05, 0.1) is 0 Å². The summed E-state index contributed by atoms with van der Waals surface area (Å²) < 4.78 is 2.44. The van der Waals surface area contributed by atoms with Gasteiger partial charge in [-0.2, -0.15) is 0 Å². The summed E-state index contributed by atoms with van der Waals surface area (Å²) in [6.07, 6.45) is 1.30. The maximum Gasteiger partial charge on any atom is 0.203 e. The molecule has 0 spiro atoms. The van der Waals surface area contributed by atoms with Crippen molar-refractivity contribution >= 4 is 8.40 Å². The fraction of sp³-hybridized carbons (Fsp3) is 1.00. The summed E-state index contributed by atoms with van der Waals surface area (Å²) in [4.78, 5) is 3.71. The molecule has 1 N–H and O–H groups in total. The van der Waals surface area contributed by atoms with Crippen molar-refractivity contribution in [3.63, 3.8) is 0 Å². The minimum absolute atomic E-state index is 1.11. The predicted molar refractivity (Wildman–Crippen MR) is 58.7 cm³/mol. The van der Waals surface area contributed by atoms with Crippen LogP contribution < -0.4 is 4.98 Å². The maximum absolute atomic E-state index is 3.71. The molecule has 3 heteroatoms. The van der Waals surface area contributed by atoms with Gasteiger partial charge >= 0.3 is 0 Å². The molecule has 0 rings (SSSR count). The van der Waals surface area contributed by atoms with E-state index in [0.29, 0.717) is 0 Å². The molecule has 0 bridgehead atoms. The van der Waals surface area contributed by atoms with Crippen LogP contribution in [-0.2, 0) is 0 Å². The number of hydrogen-bond acceptors (Lipinski definition) is 2. The molecule has 0 heterocycles. The lowest BCUT2D eigenvalue weighted by atomic mass is 10.6. The van der Waals surface area contributed by atoms with Crippen LogP contribution >= 0.6 is 0 Å². The Labute approximate surface area is 78.5 Å². The van der Waals surface area contributed by atoms with E-state index in [-0.39, 0.29) is 0 Å². The van der Waals surface area contributed by atoms with Gasteiger partial charge in [-0.1, -0.05) is 27.2 Å². The molecule has 0 aromatic carbocycles. The van der Waals surface area contributed by atoms with E-state index in [1.807, 2.05) is 0 Å². The molecule has 0 radical (unpaired) electrons. The Kier molecular flexibility index (Phi) is 5.79. The van der Waals surface area contributed by atoms with Crippen molar-refractivity contribution in [2.75, 3.05) is 20.6 Å². The van der Waals surface area contributed by atoms with E-state index in [4.69, 9.17) is 0 Å². The number of nitrogens with zero attached hydrogens (tertiary/aromatic N) is 1. The van der Waals surface area contributed by atoms with Crippen molar-refractivity contribution in [1.82, 2.24) is 9.55 Å². The molecule has 0 saturated carbocycles. The van der Waals surface area contributed by atoms with Gasteiger partial charge in [0, 0.05) is 0 Å². The molecule has 12 heavy (non-hydrogen) atoms. The van der Waals surface area contributed by atoms with Gasteiger partial charge in [0.15, 0.2) is 0 Å². The van der Waals surface area contributed by atoms with Gasteiger partial charge in [-0.25, -0.2) is 0 Å². The molecule has 0 amide bonds. The lowest BCUT2D eigenvalue weighted by Gasteiger charge is -2.37. The maximum atomic E-state index is 3.71. The molecular weight excluding hydrogens is 164 g/mol. The highest BCUT2D eigenvalue weighted by Crippen LogP contribution is 2.16. The third-order valence-electron chi connectivity index (χ3n) is 2.61. The molecule has 0 aliphatic heterocycles. The highest BCUT2D eigenvalue weighted by molar-refractivity contribution is 6.74. The van der Waals surface area contributed by atoms with Crippen LogP contribution in [0.3, 0.4) is 0 Å². The van der Waals surface area contributed by atoms with Gasteiger partial charge in [-0.15, -0.1) is 0 Å². The van der Waals surface area contributed by atoms with Gasteiger partial charge in [0.2, 0.25) is 8.40 Å². The second kappa shape index (κ2) is 5.73. The second-order valence-corrected chi connectivity index (χ2v) is 8.08. The zero-order valence-electron chi connectivity index (χ0n) is 9.28. The topological polar surface area (TPSA) is 15.3 Å². The van der Waals surface area contributed by atoms with Crippen LogP contribution in [0.1, 0.15) is 27.2 Å². The Morgan fingerprint density at radius 1 is 1.17 bits per heavy atom. The van der Waals surface area contributed by atoms with E-state index in [0.717, 1.165) is 6.54 Å². The van der Waals surface area contributed by atoms with Crippen molar-refractivity contribution in [1.29, 1.82) is 0 Å². The SMILES string of the molecule is CCC[Si](CC)(NCC)N(C)C. The van der Waals surface area contributed by atoms with Crippen LogP contribution in [0.25, 0.3) is 0 Å². The van der Waals surface area contributed by atoms with E-state index < -0.39 is 8.40 Å². The van der Waals surface area contributed by atoms with E-state index in [1.165, 1.54) is 18.5 Å². The molecule has 0 saturated heterocycles. The number of hydrogen-bond donors (Lipinski definition) is 1. The third-order valence-corrected chi connectivity index (χ3v) is 7.83. The minimum Gasteiger partial charge on any atom is -0.325 e. The van der Waals surface area contributed by atoms with Crippen LogP contribution in [0.15, 0.2) is 0 Å². The summed E-state index contributed by atoms with van der Waals surface area (Å²) in [6, 6.07) is 2.67. The van der Waals surface area contributed by atoms with E-state index >= 15 is 0 Å². The normalized spacial score (nSPS) is 16.5. The summed E-state index contributed by atoms with van der Waals surface area (Å²) >= 11 is 0. The Morgan fingerprint density at radius 3 is 2.00 bits per heavy atom.